The summed E-state index contributed by atoms with van der Waals surface area (Å²) < 4.78 is 6.53. The molecule has 3 aromatic rings. The van der Waals surface area contributed by atoms with E-state index in [0.717, 1.165) is 10.5 Å². The Morgan fingerprint density at radius 1 is 1.06 bits per heavy atom. The highest BCUT2D eigenvalue weighted by Crippen LogP contribution is 2.29. The van der Waals surface area contributed by atoms with Gasteiger partial charge in [-0.25, -0.2) is 9.69 Å². The van der Waals surface area contributed by atoms with Crippen molar-refractivity contribution in [3.63, 3.8) is 0 Å². The van der Waals surface area contributed by atoms with E-state index in [1.165, 1.54) is 18.2 Å². The van der Waals surface area contributed by atoms with Crippen LogP contribution in [0.4, 0.5) is 16.2 Å². The topological polar surface area (TPSA) is 119 Å². The number of anilines is 1. The number of amides is 4. The molecule has 35 heavy (non-hydrogen) atoms. The number of nitrogens with zero attached hydrogens (tertiary/aromatic N) is 2. The predicted octanol–water partition coefficient (Wildman–Crippen LogP) is 4.91. The molecule has 0 aliphatic carbocycles. The molecular weight excluding hydrogens is 518 g/mol. The fourth-order valence-electron chi connectivity index (χ4n) is 3.43. The number of non-ortho nitro benzene ring substituents is 1. The summed E-state index contributed by atoms with van der Waals surface area (Å²) in [5.41, 5.74) is 1.95. The molecule has 0 spiro atoms. The highest BCUT2D eigenvalue weighted by Gasteiger charge is 2.37. The number of rotatable bonds is 6. The average molecular weight is 536 g/mol. The van der Waals surface area contributed by atoms with Crippen molar-refractivity contribution >= 4 is 51.2 Å². The van der Waals surface area contributed by atoms with E-state index in [0.29, 0.717) is 27.0 Å². The van der Waals surface area contributed by atoms with Crippen LogP contribution in [0.5, 0.6) is 5.75 Å². The third kappa shape index (κ3) is 5.28. The summed E-state index contributed by atoms with van der Waals surface area (Å²) in [7, 11) is 0. The normalized spacial score (nSPS) is 14.7. The first-order valence-corrected chi connectivity index (χ1v) is 11.2. The first-order chi connectivity index (χ1) is 16.7. The fraction of sp³-hybridized carbons (Fsp3) is 0.0800. The van der Waals surface area contributed by atoms with Crippen molar-refractivity contribution in [3.8, 4) is 5.75 Å². The number of urea groups is 1. The number of halogens is 1. The van der Waals surface area contributed by atoms with Crippen LogP contribution in [-0.2, 0) is 16.2 Å². The quantitative estimate of drug-likeness (QED) is 0.207. The Kier molecular flexibility index (Phi) is 6.74. The zero-order valence-corrected chi connectivity index (χ0v) is 19.9. The molecule has 3 aromatic carbocycles. The van der Waals surface area contributed by atoms with Gasteiger partial charge in [0, 0.05) is 22.2 Å². The first kappa shape index (κ1) is 23.8. The zero-order chi connectivity index (χ0) is 25.1. The number of aryl methyl sites for hydroxylation is 1. The SMILES string of the molecule is Cc1ccc(N2C(=O)NC(=O)/C(=C\c3cc(Br)ccc3OCc3cccc([N+](=O)[O-])c3)C2=O)cc1. The van der Waals surface area contributed by atoms with Gasteiger partial charge in [-0.15, -0.1) is 0 Å². The number of nitro benzene ring substituents is 1. The van der Waals surface area contributed by atoms with Crippen molar-refractivity contribution in [1.29, 1.82) is 0 Å². The molecule has 1 saturated heterocycles. The van der Waals surface area contributed by atoms with Crippen LogP contribution in [0, 0.1) is 17.0 Å². The number of hydrogen-bond donors (Lipinski definition) is 1. The lowest BCUT2D eigenvalue weighted by Gasteiger charge is -2.26. The highest BCUT2D eigenvalue weighted by molar-refractivity contribution is 9.10. The van der Waals surface area contributed by atoms with E-state index < -0.39 is 22.8 Å². The van der Waals surface area contributed by atoms with Crippen molar-refractivity contribution < 1.29 is 24.0 Å². The number of imide groups is 2. The number of hydrogen-bond acceptors (Lipinski definition) is 6. The van der Waals surface area contributed by atoms with E-state index in [-0.39, 0.29) is 17.9 Å². The summed E-state index contributed by atoms with van der Waals surface area (Å²) >= 11 is 3.37. The van der Waals surface area contributed by atoms with E-state index in [1.807, 2.05) is 6.92 Å². The molecule has 0 unspecified atom stereocenters. The van der Waals surface area contributed by atoms with Crippen LogP contribution in [0.15, 0.2) is 76.8 Å². The van der Waals surface area contributed by atoms with E-state index in [9.17, 15) is 24.5 Å². The predicted molar refractivity (Wildman–Crippen MR) is 132 cm³/mol. The molecule has 1 aliphatic rings. The average Bonchev–Trinajstić information content (AvgIpc) is 2.82. The maximum Gasteiger partial charge on any atom is 0.335 e. The van der Waals surface area contributed by atoms with Crippen molar-refractivity contribution in [1.82, 2.24) is 5.32 Å². The minimum atomic E-state index is -0.836. The van der Waals surface area contributed by atoms with E-state index in [4.69, 9.17) is 4.74 Å². The molecule has 4 amide bonds. The Labute approximate surface area is 208 Å². The summed E-state index contributed by atoms with van der Waals surface area (Å²) in [6.45, 7) is 1.90. The van der Waals surface area contributed by atoms with Crippen LogP contribution < -0.4 is 15.0 Å². The van der Waals surface area contributed by atoms with Gasteiger partial charge in [-0.05, 0) is 48.9 Å². The lowest BCUT2D eigenvalue weighted by Crippen LogP contribution is -2.54. The standard InChI is InChI=1S/C25H18BrN3O6/c1-15-5-8-19(9-6-15)28-24(31)21(23(30)27-25(28)32)13-17-12-18(26)7-10-22(17)35-14-16-3-2-4-20(11-16)29(33)34/h2-13H,14H2,1H3,(H,27,30,32)/b21-13+. The molecular formula is C25H18BrN3O6. The van der Waals surface area contributed by atoms with Gasteiger partial charge in [0.15, 0.2) is 0 Å². The van der Waals surface area contributed by atoms with Crippen molar-refractivity contribution in [2.24, 2.45) is 0 Å². The molecule has 1 fully saturated rings. The molecule has 0 saturated carbocycles. The molecule has 1 aliphatic heterocycles. The highest BCUT2D eigenvalue weighted by atomic mass is 79.9. The summed E-state index contributed by atoms with van der Waals surface area (Å²) in [6.07, 6.45) is 1.35. The summed E-state index contributed by atoms with van der Waals surface area (Å²) in [5.74, 6) is -1.26. The van der Waals surface area contributed by atoms with Crippen LogP contribution >= 0.6 is 15.9 Å². The smallest absolute Gasteiger partial charge is 0.335 e. The summed E-state index contributed by atoms with van der Waals surface area (Å²) in [4.78, 5) is 49.6. The molecule has 9 nitrogen and oxygen atoms in total. The Hall–Kier alpha value is -4.31. The van der Waals surface area contributed by atoms with E-state index in [1.54, 1.807) is 54.6 Å². The Morgan fingerprint density at radius 2 is 1.80 bits per heavy atom. The van der Waals surface area contributed by atoms with Gasteiger partial charge in [-0.2, -0.15) is 0 Å². The van der Waals surface area contributed by atoms with Gasteiger partial charge in [0.1, 0.15) is 17.9 Å². The third-order valence-electron chi connectivity index (χ3n) is 5.18. The number of nitrogens with one attached hydrogen (secondary N) is 1. The number of barbiturate groups is 1. The van der Waals surface area contributed by atoms with Crippen molar-refractivity contribution in [3.05, 3.63) is 104 Å². The van der Waals surface area contributed by atoms with Gasteiger partial charge in [0.05, 0.1) is 10.6 Å². The molecule has 10 heteroatoms. The van der Waals surface area contributed by atoms with Crippen LogP contribution in [-0.4, -0.2) is 22.8 Å². The Bertz CT molecular complexity index is 1380. The van der Waals surface area contributed by atoms with Gasteiger partial charge in [0.25, 0.3) is 17.5 Å². The molecule has 1 heterocycles. The first-order valence-electron chi connectivity index (χ1n) is 10.4. The van der Waals surface area contributed by atoms with E-state index in [2.05, 4.69) is 21.2 Å². The second-order valence-electron chi connectivity index (χ2n) is 7.69. The second-order valence-corrected chi connectivity index (χ2v) is 8.61. The van der Waals surface area contributed by atoms with E-state index >= 15 is 0 Å². The number of benzene rings is 3. The molecule has 176 valence electrons. The molecule has 0 aromatic heterocycles. The van der Waals surface area contributed by atoms with Crippen molar-refractivity contribution in [2.45, 2.75) is 13.5 Å². The van der Waals surface area contributed by atoms with Crippen LogP contribution in [0.2, 0.25) is 0 Å². The van der Waals surface area contributed by atoms with Gasteiger partial charge in [0.2, 0.25) is 0 Å². The second kappa shape index (κ2) is 9.90. The minimum Gasteiger partial charge on any atom is -0.488 e. The lowest BCUT2D eigenvalue weighted by atomic mass is 10.1. The van der Waals surface area contributed by atoms with Gasteiger partial charge >= 0.3 is 6.03 Å². The van der Waals surface area contributed by atoms with Crippen LogP contribution in [0.25, 0.3) is 6.08 Å². The number of carbonyl (C=O) groups excluding carboxylic acids is 3. The number of carbonyl (C=O) groups is 3. The van der Waals surface area contributed by atoms with Crippen LogP contribution in [0.1, 0.15) is 16.7 Å². The number of ether oxygens (including phenoxy) is 1. The number of nitro groups is 1. The van der Waals surface area contributed by atoms with Gasteiger partial charge in [-0.3, -0.25) is 25.0 Å². The van der Waals surface area contributed by atoms with Gasteiger partial charge in [-0.1, -0.05) is 45.8 Å². The molecule has 0 bridgehead atoms. The van der Waals surface area contributed by atoms with Crippen LogP contribution in [0.3, 0.4) is 0 Å². The zero-order valence-electron chi connectivity index (χ0n) is 18.4. The fourth-order valence-corrected chi connectivity index (χ4v) is 3.80. The van der Waals surface area contributed by atoms with Gasteiger partial charge < -0.3 is 4.74 Å². The Morgan fingerprint density at radius 3 is 2.51 bits per heavy atom. The van der Waals surface area contributed by atoms with Crippen molar-refractivity contribution in [2.75, 3.05) is 4.90 Å². The molecule has 4 rings (SSSR count). The third-order valence-corrected chi connectivity index (χ3v) is 5.67. The summed E-state index contributed by atoms with van der Waals surface area (Å²) in [6, 6.07) is 17.0. The maximum atomic E-state index is 13.2. The largest absolute Gasteiger partial charge is 0.488 e. The lowest BCUT2D eigenvalue weighted by molar-refractivity contribution is -0.384. The maximum absolute atomic E-state index is 13.2. The molecule has 1 N–H and O–H groups in total. The minimum absolute atomic E-state index is 0.0214. The molecule has 0 radical (unpaired) electrons. The Balaban J connectivity index is 1.65. The summed E-state index contributed by atoms with van der Waals surface area (Å²) in [5, 5.41) is 13.2. The monoisotopic (exact) mass is 535 g/mol. The molecule has 0 atom stereocenters.